The van der Waals surface area contributed by atoms with Crippen molar-refractivity contribution in [3.8, 4) is 6.07 Å². The van der Waals surface area contributed by atoms with Crippen LogP contribution >= 0.6 is 23.4 Å². The van der Waals surface area contributed by atoms with Crippen LogP contribution in [0.15, 0.2) is 23.2 Å². The standard InChI is InChI=1S/C14H16ClN3S/c1-9(2)5-11-8-19-14(17-11)18-13-6-10(7-16)3-4-12(13)15/h3-4,6,9,11H,5,8H2,1-2H3,(H,17,18). The number of nitrogens with one attached hydrogen (secondary N) is 1. The smallest absolute Gasteiger partial charge is 0.161 e. The zero-order chi connectivity index (χ0) is 13.8. The van der Waals surface area contributed by atoms with E-state index >= 15 is 0 Å². The highest BCUT2D eigenvalue weighted by atomic mass is 35.5. The average molecular weight is 294 g/mol. The zero-order valence-corrected chi connectivity index (χ0v) is 12.6. The van der Waals surface area contributed by atoms with Gasteiger partial charge < -0.3 is 5.32 Å². The second-order valence-corrected chi connectivity index (χ2v) is 6.38. The number of benzene rings is 1. The summed E-state index contributed by atoms with van der Waals surface area (Å²) in [6.45, 7) is 4.41. The fraction of sp³-hybridized carbons (Fsp3) is 0.429. The number of amidine groups is 1. The minimum Gasteiger partial charge on any atom is -0.334 e. The molecule has 1 unspecified atom stereocenters. The summed E-state index contributed by atoms with van der Waals surface area (Å²) in [6.07, 6.45) is 1.10. The highest BCUT2D eigenvalue weighted by Crippen LogP contribution is 2.28. The van der Waals surface area contributed by atoms with E-state index in [1.807, 2.05) is 0 Å². The molecule has 19 heavy (non-hydrogen) atoms. The first kappa shape index (κ1) is 14.2. The Labute approximate surface area is 123 Å². The molecular formula is C14H16ClN3S. The highest BCUT2D eigenvalue weighted by Gasteiger charge is 2.19. The molecule has 1 aromatic carbocycles. The number of nitriles is 1. The first-order chi connectivity index (χ1) is 9.08. The molecule has 0 fully saturated rings. The van der Waals surface area contributed by atoms with Crippen LogP contribution in [-0.4, -0.2) is 17.0 Å². The maximum Gasteiger partial charge on any atom is 0.161 e. The number of hydrogen-bond acceptors (Lipinski definition) is 4. The van der Waals surface area contributed by atoms with Gasteiger partial charge in [-0.05, 0) is 30.5 Å². The molecule has 0 aromatic heterocycles. The minimum atomic E-state index is 0.380. The van der Waals surface area contributed by atoms with Crippen molar-refractivity contribution >= 4 is 34.2 Å². The van der Waals surface area contributed by atoms with E-state index in [0.717, 1.165) is 23.0 Å². The maximum atomic E-state index is 8.90. The van der Waals surface area contributed by atoms with E-state index in [-0.39, 0.29) is 0 Å². The Hall–Kier alpha value is -1.18. The maximum absolute atomic E-state index is 8.90. The Kier molecular flexibility index (Phi) is 4.73. The summed E-state index contributed by atoms with van der Waals surface area (Å²) in [5, 5.41) is 13.6. The van der Waals surface area contributed by atoms with E-state index in [2.05, 4.69) is 30.2 Å². The molecule has 5 heteroatoms. The molecule has 1 aromatic rings. The van der Waals surface area contributed by atoms with Gasteiger partial charge in [0, 0.05) is 5.75 Å². The lowest BCUT2D eigenvalue weighted by atomic mass is 10.1. The molecular weight excluding hydrogens is 278 g/mol. The van der Waals surface area contributed by atoms with Gasteiger partial charge in [-0.2, -0.15) is 5.26 Å². The lowest BCUT2D eigenvalue weighted by Gasteiger charge is -2.08. The van der Waals surface area contributed by atoms with Crippen LogP contribution in [0.3, 0.4) is 0 Å². The molecule has 1 atom stereocenters. The van der Waals surface area contributed by atoms with Gasteiger partial charge in [-0.3, -0.25) is 4.99 Å². The summed E-state index contributed by atoms with van der Waals surface area (Å²) < 4.78 is 0. The van der Waals surface area contributed by atoms with Gasteiger partial charge in [0.15, 0.2) is 5.17 Å². The van der Waals surface area contributed by atoms with Gasteiger partial charge in [0.05, 0.1) is 28.4 Å². The molecule has 1 heterocycles. The Bertz CT molecular complexity index is 534. The number of nitrogens with zero attached hydrogens (tertiary/aromatic N) is 2. The first-order valence-electron chi connectivity index (χ1n) is 6.25. The number of anilines is 1. The van der Waals surface area contributed by atoms with E-state index in [1.54, 1.807) is 30.0 Å². The van der Waals surface area contributed by atoms with Gasteiger partial charge in [-0.15, -0.1) is 0 Å². The third-order valence-corrected chi connectivity index (χ3v) is 4.15. The van der Waals surface area contributed by atoms with Crippen LogP contribution in [0.25, 0.3) is 0 Å². The highest BCUT2D eigenvalue weighted by molar-refractivity contribution is 8.14. The Morgan fingerprint density at radius 1 is 1.58 bits per heavy atom. The van der Waals surface area contributed by atoms with Crippen molar-refractivity contribution in [2.24, 2.45) is 10.9 Å². The molecule has 0 radical (unpaired) electrons. The van der Waals surface area contributed by atoms with Gasteiger partial charge in [-0.1, -0.05) is 37.2 Å². The van der Waals surface area contributed by atoms with Crippen molar-refractivity contribution in [2.75, 3.05) is 11.1 Å². The third-order valence-electron chi connectivity index (χ3n) is 2.79. The predicted octanol–water partition coefficient (Wildman–Crippen LogP) is 4.14. The lowest BCUT2D eigenvalue weighted by molar-refractivity contribution is 0.529. The number of halogens is 1. The van der Waals surface area contributed by atoms with Gasteiger partial charge >= 0.3 is 0 Å². The van der Waals surface area contributed by atoms with E-state index < -0.39 is 0 Å². The van der Waals surface area contributed by atoms with E-state index in [4.69, 9.17) is 16.9 Å². The molecule has 2 rings (SSSR count). The topological polar surface area (TPSA) is 48.2 Å². The summed E-state index contributed by atoms with van der Waals surface area (Å²) in [5.41, 5.74) is 1.34. The molecule has 0 saturated heterocycles. The van der Waals surface area contributed by atoms with E-state index in [1.165, 1.54) is 0 Å². The van der Waals surface area contributed by atoms with Crippen molar-refractivity contribution < 1.29 is 0 Å². The summed E-state index contributed by atoms with van der Waals surface area (Å²) in [4.78, 5) is 4.65. The molecule has 1 aliphatic rings. The molecule has 0 spiro atoms. The van der Waals surface area contributed by atoms with Gasteiger partial charge in [-0.25, -0.2) is 0 Å². The largest absolute Gasteiger partial charge is 0.334 e. The zero-order valence-electron chi connectivity index (χ0n) is 11.0. The summed E-state index contributed by atoms with van der Waals surface area (Å²) in [6, 6.07) is 7.68. The van der Waals surface area contributed by atoms with Crippen molar-refractivity contribution in [1.82, 2.24) is 0 Å². The van der Waals surface area contributed by atoms with Crippen molar-refractivity contribution in [3.05, 3.63) is 28.8 Å². The molecule has 0 bridgehead atoms. The van der Waals surface area contributed by atoms with Crippen molar-refractivity contribution in [3.63, 3.8) is 0 Å². The van der Waals surface area contributed by atoms with Crippen LogP contribution in [0.1, 0.15) is 25.8 Å². The third kappa shape index (κ3) is 3.89. The van der Waals surface area contributed by atoms with Crippen molar-refractivity contribution in [1.29, 1.82) is 5.26 Å². The van der Waals surface area contributed by atoms with Gasteiger partial charge in [0.25, 0.3) is 0 Å². The van der Waals surface area contributed by atoms with E-state index in [0.29, 0.717) is 22.5 Å². The molecule has 1 aliphatic heterocycles. The average Bonchev–Trinajstić information content (AvgIpc) is 2.78. The predicted molar refractivity (Wildman–Crippen MR) is 82.9 cm³/mol. The van der Waals surface area contributed by atoms with E-state index in [9.17, 15) is 0 Å². The number of aliphatic imine (C=N–C) groups is 1. The second-order valence-electron chi connectivity index (χ2n) is 4.96. The molecule has 100 valence electrons. The molecule has 0 aliphatic carbocycles. The Morgan fingerprint density at radius 3 is 3.05 bits per heavy atom. The van der Waals surface area contributed by atoms with Gasteiger partial charge in [0.2, 0.25) is 0 Å². The van der Waals surface area contributed by atoms with Crippen LogP contribution < -0.4 is 5.32 Å². The molecule has 0 saturated carbocycles. The monoisotopic (exact) mass is 293 g/mol. The Balaban J connectivity index is 2.08. The first-order valence-corrected chi connectivity index (χ1v) is 7.62. The fourth-order valence-corrected chi connectivity index (χ4v) is 3.09. The number of hydrogen-bond donors (Lipinski definition) is 1. The van der Waals surface area contributed by atoms with Crippen LogP contribution in [-0.2, 0) is 0 Å². The number of rotatable bonds is 3. The quantitative estimate of drug-likeness (QED) is 0.911. The summed E-state index contributed by atoms with van der Waals surface area (Å²) in [7, 11) is 0. The second kappa shape index (κ2) is 6.31. The van der Waals surface area contributed by atoms with Crippen LogP contribution in [0.5, 0.6) is 0 Å². The molecule has 0 amide bonds. The Morgan fingerprint density at radius 2 is 2.37 bits per heavy atom. The SMILES string of the molecule is CC(C)CC1CSC(Nc2cc(C#N)ccc2Cl)=N1. The lowest BCUT2D eigenvalue weighted by Crippen LogP contribution is -2.08. The van der Waals surface area contributed by atoms with Crippen LogP contribution in [0.2, 0.25) is 5.02 Å². The fourth-order valence-electron chi connectivity index (χ4n) is 1.95. The van der Waals surface area contributed by atoms with Gasteiger partial charge in [0.1, 0.15) is 0 Å². The minimum absolute atomic E-state index is 0.380. The van der Waals surface area contributed by atoms with Crippen molar-refractivity contribution in [2.45, 2.75) is 26.3 Å². The number of thioether (sulfide) groups is 1. The molecule has 3 nitrogen and oxygen atoms in total. The summed E-state index contributed by atoms with van der Waals surface area (Å²) in [5.74, 6) is 1.66. The summed E-state index contributed by atoms with van der Waals surface area (Å²) >= 11 is 7.82. The van der Waals surface area contributed by atoms with Crippen LogP contribution in [0, 0.1) is 17.2 Å². The molecule has 1 N–H and O–H groups in total. The normalized spacial score (nSPS) is 18.3. The van der Waals surface area contributed by atoms with Crippen LogP contribution in [0.4, 0.5) is 5.69 Å².